The van der Waals surface area contributed by atoms with Crippen LogP contribution in [0.5, 0.6) is 0 Å². The first kappa shape index (κ1) is 19.0. The highest BCUT2D eigenvalue weighted by Gasteiger charge is 2.23. The molecule has 0 aliphatic rings. The van der Waals surface area contributed by atoms with Crippen LogP contribution in [-0.4, -0.2) is 32.9 Å². The van der Waals surface area contributed by atoms with Crippen molar-refractivity contribution in [3.63, 3.8) is 0 Å². The van der Waals surface area contributed by atoms with Gasteiger partial charge in [-0.2, -0.15) is 0 Å². The van der Waals surface area contributed by atoms with Crippen LogP contribution in [0, 0.1) is 0 Å². The average molecular weight is 384 g/mol. The van der Waals surface area contributed by atoms with Gasteiger partial charge in [-0.3, -0.25) is 4.79 Å². The summed E-state index contributed by atoms with van der Waals surface area (Å²) in [4.78, 5) is 13.7. The number of esters is 1. The SMILES string of the molecule is COC(=O)CSC(c1ccccc1Cl)c1cc(Cl)ccc1N(C)C. The van der Waals surface area contributed by atoms with Crippen molar-refractivity contribution in [2.45, 2.75) is 5.25 Å². The second-order valence-electron chi connectivity index (χ2n) is 5.39. The zero-order chi connectivity index (χ0) is 17.7. The Morgan fingerprint density at radius 3 is 2.50 bits per heavy atom. The van der Waals surface area contributed by atoms with Gasteiger partial charge in [-0.1, -0.05) is 41.4 Å². The van der Waals surface area contributed by atoms with Crippen LogP contribution in [0.3, 0.4) is 0 Å². The average Bonchev–Trinajstić information content (AvgIpc) is 2.56. The number of methoxy groups -OCH3 is 1. The van der Waals surface area contributed by atoms with Crippen molar-refractivity contribution in [1.82, 2.24) is 0 Å². The number of carbonyl (C=O) groups is 1. The number of nitrogens with zero attached hydrogens (tertiary/aromatic N) is 1. The first-order valence-corrected chi connectivity index (χ1v) is 9.14. The first-order chi connectivity index (χ1) is 11.4. The summed E-state index contributed by atoms with van der Waals surface area (Å²) in [5, 5.41) is 1.17. The van der Waals surface area contributed by atoms with E-state index in [2.05, 4.69) is 0 Å². The van der Waals surface area contributed by atoms with Crippen LogP contribution in [-0.2, 0) is 9.53 Å². The van der Waals surface area contributed by atoms with Gasteiger partial charge in [0.15, 0.2) is 0 Å². The second-order valence-corrected chi connectivity index (χ2v) is 7.32. The maximum Gasteiger partial charge on any atom is 0.315 e. The van der Waals surface area contributed by atoms with E-state index in [1.807, 2.05) is 61.5 Å². The minimum atomic E-state index is -0.273. The fourth-order valence-corrected chi connectivity index (χ4v) is 4.05. The molecule has 2 aromatic rings. The third-order valence-corrected chi connectivity index (χ3v) is 5.36. The predicted molar refractivity (Wildman–Crippen MR) is 104 cm³/mol. The number of thioether (sulfide) groups is 1. The summed E-state index contributed by atoms with van der Waals surface area (Å²) in [6, 6.07) is 13.4. The molecule has 1 atom stereocenters. The molecule has 0 spiro atoms. The fraction of sp³-hybridized carbons (Fsp3) is 0.278. The Balaban J connectivity index is 2.52. The molecule has 24 heavy (non-hydrogen) atoms. The molecule has 2 aromatic carbocycles. The third-order valence-electron chi connectivity index (χ3n) is 3.54. The fourth-order valence-electron chi connectivity index (χ4n) is 2.39. The molecule has 0 aliphatic carbocycles. The third kappa shape index (κ3) is 4.59. The predicted octanol–water partition coefficient (Wildman–Crippen LogP) is 5.06. The van der Waals surface area contributed by atoms with E-state index >= 15 is 0 Å². The molecule has 3 nitrogen and oxygen atoms in total. The van der Waals surface area contributed by atoms with Gasteiger partial charge in [-0.05, 0) is 35.4 Å². The molecule has 2 rings (SSSR count). The maximum absolute atomic E-state index is 11.6. The summed E-state index contributed by atoms with van der Waals surface area (Å²) >= 11 is 14.1. The molecule has 0 bridgehead atoms. The molecule has 0 N–H and O–H groups in total. The summed E-state index contributed by atoms with van der Waals surface area (Å²) in [6.07, 6.45) is 0. The van der Waals surface area contributed by atoms with Crippen molar-refractivity contribution >= 4 is 46.6 Å². The molecule has 0 radical (unpaired) electrons. The van der Waals surface area contributed by atoms with Crippen LogP contribution in [0.4, 0.5) is 5.69 Å². The van der Waals surface area contributed by atoms with Gasteiger partial charge in [-0.15, -0.1) is 11.8 Å². The number of carbonyl (C=O) groups excluding carboxylic acids is 1. The summed E-state index contributed by atoms with van der Waals surface area (Å²) in [6.45, 7) is 0. The van der Waals surface area contributed by atoms with Crippen LogP contribution in [0.25, 0.3) is 0 Å². The van der Waals surface area contributed by atoms with Crippen LogP contribution in [0.15, 0.2) is 42.5 Å². The van der Waals surface area contributed by atoms with Crippen molar-refractivity contribution < 1.29 is 9.53 Å². The van der Waals surface area contributed by atoms with Crippen molar-refractivity contribution in [1.29, 1.82) is 0 Å². The molecule has 0 heterocycles. The van der Waals surface area contributed by atoms with E-state index in [4.69, 9.17) is 27.9 Å². The monoisotopic (exact) mass is 383 g/mol. The van der Waals surface area contributed by atoms with Gasteiger partial charge >= 0.3 is 5.97 Å². The maximum atomic E-state index is 11.6. The van der Waals surface area contributed by atoms with E-state index < -0.39 is 0 Å². The molecular weight excluding hydrogens is 365 g/mol. The van der Waals surface area contributed by atoms with Gasteiger partial charge < -0.3 is 9.64 Å². The number of ether oxygens (including phenoxy) is 1. The Bertz CT molecular complexity index is 722. The molecule has 6 heteroatoms. The Labute approximate surface area is 156 Å². The van der Waals surface area contributed by atoms with E-state index in [9.17, 15) is 4.79 Å². The lowest BCUT2D eigenvalue weighted by Crippen LogP contribution is -2.14. The molecule has 0 saturated carbocycles. The van der Waals surface area contributed by atoms with Gasteiger partial charge in [0.2, 0.25) is 0 Å². The molecule has 0 fully saturated rings. The molecule has 0 saturated heterocycles. The Kier molecular flexibility index (Phi) is 6.84. The molecule has 0 aliphatic heterocycles. The van der Waals surface area contributed by atoms with Gasteiger partial charge in [0.1, 0.15) is 0 Å². The van der Waals surface area contributed by atoms with Crippen molar-refractivity contribution in [3.05, 3.63) is 63.6 Å². The topological polar surface area (TPSA) is 29.5 Å². The van der Waals surface area contributed by atoms with Crippen LogP contribution < -0.4 is 4.90 Å². The zero-order valence-corrected chi connectivity index (χ0v) is 16.1. The van der Waals surface area contributed by atoms with E-state index in [-0.39, 0.29) is 17.0 Å². The summed E-state index contributed by atoms with van der Waals surface area (Å²) in [5.74, 6) is -0.0448. The minimum absolute atomic E-state index is 0.131. The largest absolute Gasteiger partial charge is 0.468 e. The number of benzene rings is 2. The Morgan fingerprint density at radius 2 is 1.88 bits per heavy atom. The molecular formula is C18H19Cl2NO2S. The van der Waals surface area contributed by atoms with Gasteiger partial charge in [0.25, 0.3) is 0 Å². The smallest absolute Gasteiger partial charge is 0.315 e. The van der Waals surface area contributed by atoms with Crippen LogP contribution >= 0.6 is 35.0 Å². The number of hydrogen-bond donors (Lipinski definition) is 0. The molecule has 0 aromatic heterocycles. The summed E-state index contributed by atoms with van der Waals surface area (Å²) < 4.78 is 4.77. The molecule has 1 unspecified atom stereocenters. The standard InChI is InChI=1S/C18H19Cl2NO2S/c1-21(2)16-9-8-12(19)10-14(16)18(24-11-17(22)23-3)13-6-4-5-7-15(13)20/h4-10,18H,11H2,1-3H3. The van der Waals surface area contributed by atoms with Gasteiger partial charge in [0, 0.05) is 29.8 Å². The first-order valence-electron chi connectivity index (χ1n) is 7.33. The quantitative estimate of drug-likeness (QED) is 0.652. The van der Waals surface area contributed by atoms with E-state index in [1.54, 1.807) is 0 Å². The van der Waals surface area contributed by atoms with Crippen LogP contribution in [0.1, 0.15) is 16.4 Å². The van der Waals surface area contributed by atoms with Gasteiger partial charge in [-0.25, -0.2) is 0 Å². The van der Waals surface area contributed by atoms with Crippen LogP contribution in [0.2, 0.25) is 10.0 Å². The lowest BCUT2D eigenvalue weighted by molar-refractivity contribution is -0.137. The summed E-state index contributed by atoms with van der Waals surface area (Å²) in [5.41, 5.74) is 2.98. The Morgan fingerprint density at radius 1 is 1.17 bits per heavy atom. The number of hydrogen-bond acceptors (Lipinski definition) is 4. The van der Waals surface area contributed by atoms with E-state index in [0.717, 1.165) is 16.8 Å². The molecule has 128 valence electrons. The Hall–Kier alpha value is -1.36. The number of halogens is 2. The second kappa shape index (κ2) is 8.65. The van der Waals surface area contributed by atoms with Crippen molar-refractivity contribution in [2.75, 3.05) is 31.9 Å². The zero-order valence-electron chi connectivity index (χ0n) is 13.8. The van der Waals surface area contributed by atoms with E-state index in [1.165, 1.54) is 18.9 Å². The normalized spacial score (nSPS) is 11.9. The number of anilines is 1. The van der Waals surface area contributed by atoms with E-state index in [0.29, 0.717) is 10.0 Å². The summed E-state index contributed by atoms with van der Waals surface area (Å²) in [7, 11) is 5.33. The minimum Gasteiger partial charge on any atom is -0.468 e. The highest BCUT2D eigenvalue weighted by molar-refractivity contribution is 8.00. The van der Waals surface area contributed by atoms with Crippen molar-refractivity contribution in [2.24, 2.45) is 0 Å². The van der Waals surface area contributed by atoms with Crippen molar-refractivity contribution in [3.8, 4) is 0 Å². The highest BCUT2D eigenvalue weighted by Crippen LogP contribution is 2.43. The number of rotatable bonds is 6. The lowest BCUT2D eigenvalue weighted by atomic mass is 10.0. The highest BCUT2D eigenvalue weighted by atomic mass is 35.5. The molecule has 0 amide bonds. The lowest BCUT2D eigenvalue weighted by Gasteiger charge is -2.25. The van der Waals surface area contributed by atoms with Gasteiger partial charge in [0.05, 0.1) is 18.1 Å².